The number of aromatic nitrogens is 4. The Morgan fingerprint density at radius 2 is 1.90 bits per heavy atom. The summed E-state index contributed by atoms with van der Waals surface area (Å²) in [4.78, 5) is 12.1. The minimum atomic E-state index is -0.508. The Labute approximate surface area is 172 Å². The average molecular weight is 407 g/mol. The normalized spacial score (nSPS) is 11.6. The lowest BCUT2D eigenvalue weighted by atomic mass is 10.1. The molecule has 7 nitrogen and oxygen atoms in total. The van der Waals surface area contributed by atoms with E-state index in [4.69, 9.17) is 4.74 Å². The number of nitrogens with zero attached hydrogens (tertiary/aromatic N) is 4. The van der Waals surface area contributed by atoms with Crippen LogP contribution in [0.2, 0.25) is 0 Å². The third kappa shape index (κ3) is 4.43. The number of carbonyl (C=O) groups excluding carboxylic acids is 1. The summed E-state index contributed by atoms with van der Waals surface area (Å²) in [7, 11) is 0. The monoisotopic (exact) mass is 407 g/mol. The van der Waals surface area contributed by atoms with Gasteiger partial charge < -0.3 is 10.1 Å². The van der Waals surface area contributed by atoms with Gasteiger partial charge in [-0.15, -0.1) is 15.3 Å². The zero-order valence-corrected chi connectivity index (χ0v) is 17.2. The van der Waals surface area contributed by atoms with Crippen LogP contribution >= 0.6 is 11.3 Å². The van der Waals surface area contributed by atoms with Crippen molar-refractivity contribution in [1.29, 1.82) is 0 Å². The number of thiophene rings is 1. The molecule has 0 radical (unpaired) electrons. The quantitative estimate of drug-likeness (QED) is 0.493. The summed E-state index contributed by atoms with van der Waals surface area (Å²) in [5.41, 5.74) is 2.74. The number of benzene rings is 1. The summed E-state index contributed by atoms with van der Waals surface area (Å²) in [6.45, 7) is 6.13. The number of hydrogen-bond acceptors (Lipinski definition) is 7. The first kappa shape index (κ1) is 19.1. The third-order valence-corrected chi connectivity index (χ3v) is 4.79. The number of esters is 1. The van der Waals surface area contributed by atoms with E-state index in [1.165, 1.54) is 0 Å². The maximum atomic E-state index is 12.1. The van der Waals surface area contributed by atoms with Crippen molar-refractivity contribution in [3.8, 4) is 11.4 Å². The molecule has 0 aliphatic rings. The van der Waals surface area contributed by atoms with Crippen molar-refractivity contribution in [1.82, 2.24) is 19.8 Å². The standard InChI is InChI=1S/C21H21N5O2S/c1-21(2,3)28-20(27)15-6-4-14(5-7-15)12-22-17-8-9-18-23-24-19(26(18)25-17)16-10-11-29-13-16/h4-11,13H,12H2,1-3H3,(H,22,25). The number of ether oxygens (including phenoxy) is 1. The van der Waals surface area contributed by atoms with E-state index in [0.717, 1.165) is 11.1 Å². The Morgan fingerprint density at radius 1 is 1.10 bits per heavy atom. The van der Waals surface area contributed by atoms with Crippen molar-refractivity contribution < 1.29 is 9.53 Å². The third-order valence-electron chi connectivity index (χ3n) is 4.10. The Kier molecular flexibility index (Phi) is 5.02. The first-order valence-electron chi connectivity index (χ1n) is 9.20. The smallest absolute Gasteiger partial charge is 0.338 e. The van der Waals surface area contributed by atoms with Crippen LogP contribution in [-0.2, 0) is 11.3 Å². The van der Waals surface area contributed by atoms with Crippen LogP contribution < -0.4 is 5.32 Å². The molecule has 0 amide bonds. The van der Waals surface area contributed by atoms with Gasteiger partial charge in [0.05, 0.1) is 5.56 Å². The van der Waals surface area contributed by atoms with Gasteiger partial charge in [0, 0.05) is 17.5 Å². The molecule has 1 aromatic carbocycles. The number of carbonyl (C=O) groups is 1. The molecule has 0 atom stereocenters. The molecule has 0 aliphatic carbocycles. The summed E-state index contributed by atoms with van der Waals surface area (Å²) < 4.78 is 7.12. The first-order valence-corrected chi connectivity index (χ1v) is 10.1. The van der Waals surface area contributed by atoms with Crippen LogP contribution in [0.25, 0.3) is 17.0 Å². The fourth-order valence-electron chi connectivity index (χ4n) is 2.74. The Hall–Kier alpha value is -3.26. The van der Waals surface area contributed by atoms with Crippen molar-refractivity contribution >= 4 is 28.8 Å². The highest BCUT2D eigenvalue weighted by Crippen LogP contribution is 2.21. The van der Waals surface area contributed by atoms with Gasteiger partial charge in [-0.3, -0.25) is 0 Å². The fraction of sp³-hybridized carbons (Fsp3) is 0.238. The van der Waals surface area contributed by atoms with E-state index in [0.29, 0.717) is 29.4 Å². The van der Waals surface area contributed by atoms with Crippen LogP contribution in [-0.4, -0.2) is 31.4 Å². The van der Waals surface area contributed by atoms with Crippen LogP contribution in [0.3, 0.4) is 0 Å². The second-order valence-electron chi connectivity index (χ2n) is 7.58. The summed E-state index contributed by atoms with van der Waals surface area (Å²) in [5, 5.41) is 20.3. The van der Waals surface area contributed by atoms with Crippen molar-refractivity contribution in [2.75, 3.05) is 5.32 Å². The van der Waals surface area contributed by atoms with Crippen molar-refractivity contribution in [3.63, 3.8) is 0 Å². The maximum absolute atomic E-state index is 12.1. The van der Waals surface area contributed by atoms with Gasteiger partial charge in [0.1, 0.15) is 11.4 Å². The molecular weight excluding hydrogens is 386 g/mol. The zero-order chi connectivity index (χ0) is 20.4. The summed E-state index contributed by atoms with van der Waals surface area (Å²) >= 11 is 1.61. The van der Waals surface area contributed by atoms with Crippen molar-refractivity contribution in [2.45, 2.75) is 32.9 Å². The molecule has 0 spiro atoms. The molecule has 4 rings (SSSR count). The predicted molar refractivity (Wildman–Crippen MR) is 113 cm³/mol. The lowest BCUT2D eigenvalue weighted by Gasteiger charge is -2.19. The second kappa shape index (κ2) is 7.63. The lowest BCUT2D eigenvalue weighted by Crippen LogP contribution is -2.23. The van der Waals surface area contributed by atoms with E-state index in [1.54, 1.807) is 28.0 Å². The minimum absolute atomic E-state index is 0.322. The van der Waals surface area contributed by atoms with Crippen LogP contribution in [0.4, 0.5) is 5.82 Å². The van der Waals surface area contributed by atoms with E-state index >= 15 is 0 Å². The molecule has 0 bridgehead atoms. The Bertz CT molecular complexity index is 1130. The molecule has 0 unspecified atom stereocenters. The SMILES string of the molecule is CC(C)(C)OC(=O)c1ccc(CNc2ccc3nnc(-c4ccsc4)n3n2)cc1. The van der Waals surface area contributed by atoms with Gasteiger partial charge in [0.25, 0.3) is 0 Å². The fourth-order valence-corrected chi connectivity index (χ4v) is 3.38. The van der Waals surface area contributed by atoms with Crippen LogP contribution in [0.1, 0.15) is 36.7 Å². The molecule has 1 N–H and O–H groups in total. The van der Waals surface area contributed by atoms with Crippen molar-refractivity contribution in [3.05, 3.63) is 64.4 Å². The number of rotatable bonds is 5. The molecule has 29 heavy (non-hydrogen) atoms. The highest BCUT2D eigenvalue weighted by molar-refractivity contribution is 7.08. The molecule has 3 heterocycles. The van der Waals surface area contributed by atoms with Gasteiger partial charge in [0.15, 0.2) is 11.5 Å². The van der Waals surface area contributed by atoms with E-state index in [2.05, 4.69) is 20.6 Å². The number of anilines is 1. The minimum Gasteiger partial charge on any atom is -0.456 e. The molecule has 0 saturated carbocycles. The van der Waals surface area contributed by atoms with Crippen LogP contribution in [0.5, 0.6) is 0 Å². The highest BCUT2D eigenvalue weighted by Gasteiger charge is 2.17. The number of hydrogen-bond donors (Lipinski definition) is 1. The predicted octanol–water partition coefficient (Wildman–Crippen LogP) is 4.42. The molecular formula is C21H21N5O2S. The van der Waals surface area contributed by atoms with E-state index in [9.17, 15) is 4.79 Å². The highest BCUT2D eigenvalue weighted by atomic mass is 32.1. The van der Waals surface area contributed by atoms with E-state index < -0.39 is 5.60 Å². The summed E-state index contributed by atoms with van der Waals surface area (Å²) in [6.07, 6.45) is 0. The second-order valence-corrected chi connectivity index (χ2v) is 8.36. The Morgan fingerprint density at radius 3 is 2.59 bits per heavy atom. The molecule has 0 saturated heterocycles. The average Bonchev–Trinajstić information content (AvgIpc) is 3.34. The largest absolute Gasteiger partial charge is 0.456 e. The van der Waals surface area contributed by atoms with E-state index in [-0.39, 0.29) is 5.97 Å². The van der Waals surface area contributed by atoms with Crippen LogP contribution in [0.15, 0.2) is 53.2 Å². The lowest BCUT2D eigenvalue weighted by molar-refractivity contribution is 0.00695. The molecule has 148 valence electrons. The van der Waals surface area contributed by atoms with Gasteiger partial charge in [-0.05, 0) is 62.0 Å². The number of fused-ring (bicyclic) bond motifs is 1. The molecule has 4 aromatic rings. The maximum Gasteiger partial charge on any atom is 0.338 e. The van der Waals surface area contributed by atoms with Gasteiger partial charge in [-0.2, -0.15) is 15.9 Å². The molecule has 8 heteroatoms. The summed E-state index contributed by atoms with van der Waals surface area (Å²) in [6, 6.07) is 13.1. The molecule has 3 aromatic heterocycles. The van der Waals surface area contributed by atoms with Gasteiger partial charge in [0.2, 0.25) is 0 Å². The molecule has 0 fully saturated rings. The van der Waals surface area contributed by atoms with E-state index in [1.807, 2.05) is 61.9 Å². The van der Waals surface area contributed by atoms with Crippen LogP contribution in [0, 0.1) is 0 Å². The first-order chi connectivity index (χ1) is 13.9. The van der Waals surface area contributed by atoms with Gasteiger partial charge in [-0.25, -0.2) is 4.79 Å². The zero-order valence-electron chi connectivity index (χ0n) is 16.4. The van der Waals surface area contributed by atoms with Crippen molar-refractivity contribution in [2.24, 2.45) is 0 Å². The van der Waals surface area contributed by atoms with Gasteiger partial charge >= 0.3 is 5.97 Å². The molecule has 0 aliphatic heterocycles. The topological polar surface area (TPSA) is 81.4 Å². The number of nitrogens with one attached hydrogen (secondary N) is 1. The Balaban J connectivity index is 1.46. The van der Waals surface area contributed by atoms with Gasteiger partial charge in [-0.1, -0.05) is 12.1 Å². The summed E-state index contributed by atoms with van der Waals surface area (Å²) in [5.74, 6) is 1.11.